The number of amides is 1. The van der Waals surface area contributed by atoms with Crippen molar-refractivity contribution in [3.8, 4) is 0 Å². The first-order valence-corrected chi connectivity index (χ1v) is 14.5. The molecule has 7 atom stereocenters. The van der Waals surface area contributed by atoms with Gasteiger partial charge in [0.15, 0.2) is 18.3 Å². The maximum atomic E-state index is 11.9. The van der Waals surface area contributed by atoms with Crippen LogP contribution >= 0.6 is 24.4 Å². The average molecular weight is 558 g/mol. The molecule has 1 N–H and O–H groups in total. The standard InChI is InChI=1S/C19H31NO8S3.C2H4O2/c1-10(21)20-14(9-31(6)8-7-29)15-16(25-11(2)22)17(26-12(3)23)18(27-13(4)24)19(28-15)30-5;1-2(3)4/h14-19H,7-9H2,1-6H3,(H-,20,21,29);1H3,(H,3,4)/t14-,15+,16-,17-,18+,19+,31?;/m0./s1. The molecule has 1 aliphatic heterocycles. The minimum Gasteiger partial charge on any atom is -0.550 e. The Bertz CT molecular complexity index is 734. The van der Waals surface area contributed by atoms with E-state index in [1.807, 2.05) is 6.26 Å². The van der Waals surface area contributed by atoms with Gasteiger partial charge in [0.1, 0.15) is 29.1 Å². The predicted octanol–water partition coefficient (Wildman–Crippen LogP) is -0.692. The van der Waals surface area contributed by atoms with Crippen LogP contribution in [0, 0.1) is 0 Å². The van der Waals surface area contributed by atoms with E-state index in [1.165, 1.54) is 39.5 Å². The molecule has 1 unspecified atom stereocenters. The molecule has 0 radical (unpaired) electrons. The summed E-state index contributed by atoms with van der Waals surface area (Å²) in [7, 11) is -0.110. The van der Waals surface area contributed by atoms with E-state index in [1.54, 1.807) is 6.26 Å². The molecule has 0 bridgehead atoms. The Morgan fingerprint density at radius 2 is 1.43 bits per heavy atom. The molecule has 11 nitrogen and oxygen atoms in total. The number of thiol groups is 1. The zero-order valence-corrected chi connectivity index (χ0v) is 23.5. The zero-order valence-electron chi connectivity index (χ0n) is 20.9. The van der Waals surface area contributed by atoms with Crippen LogP contribution in [0.15, 0.2) is 0 Å². The predicted molar refractivity (Wildman–Crippen MR) is 134 cm³/mol. The van der Waals surface area contributed by atoms with E-state index in [0.717, 1.165) is 12.7 Å². The van der Waals surface area contributed by atoms with Crippen molar-refractivity contribution in [3.05, 3.63) is 0 Å². The van der Waals surface area contributed by atoms with Crippen LogP contribution in [0.1, 0.15) is 34.6 Å². The first-order valence-electron chi connectivity index (χ1n) is 10.6. The zero-order chi connectivity index (χ0) is 27.3. The van der Waals surface area contributed by atoms with Crippen LogP contribution in [0.5, 0.6) is 0 Å². The van der Waals surface area contributed by atoms with Crippen molar-refractivity contribution in [1.29, 1.82) is 0 Å². The third-order valence-corrected chi connectivity index (χ3v) is 7.56. The lowest BCUT2D eigenvalue weighted by molar-refractivity contribution is -0.302. The number of aliphatic carboxylic acids is 1. The number of carboxylic acid groups (broad SMARTS) is 1. The van der Waals surface area contributed by atoms with Crippen LogP contribution < -0.4 is 10.4 Å². The summed E-state index contributed by atoms with van der Waals surface area (Å²) in [4.78, 5) is 56.3. The summed E-state index contributed by atoms with van der Waals surface area (Å²) in [5.41, 5.74) is -0.704. The van der Waals surface area contributed by atoms with Gasteiger partial charge < -0.3 is 34.2 Å². The Morgan fingerprint density at radius 3 is 1.83 bits per heavy atom. The van der Waals surface area contributed by atoms with Crippen molar-refractivity contribution in [3.63, 3.8) is 0 Å². The van der Waals surface area contributed by atoms with E-state index in [-0.39, 0.29) is 16.8 Å². The summed E-state index contributed by atoms with van der Waals surface area (Å²) in [6.07, 6.45) is -0.191. The number of carbonyl (C=O) groups excluding carboxylic acids is 5. The van der Waals surface area contributed by atoms with Crippen molar-refractivity contribution < 1.29 is 48.0 Å². The van der Waals surface area contributed by atoms with Gasteiger partial charge >= 0.3 is 17.9 Å². The molecule has 202 valence electrons. The first-order chi connectivity index (χ1) is 16.2. The molecule has 0 aromatic heterocycles. The van der Waals surface area contributed by atoms with Gasteiger partial charge in [-0.2, -0.15) is 12.6 Å². The van der Waals surface area contributed by atoms with Crippen molar-refractivity contribution in [2.24, 2.45) is 0 Å². The van der Waals surface area contributed by atoms with Crippen molar-refractivity contribution in [1.82, 2.24) is 5.32 Å². The number of rotatable bonds is 10. The maximum Gasteiger partial charge on any atom is 0.303 e. The normalized spacial score (nSPS) is 25.1. The molecule has 0 aliphatic carbocycles. The highest BCUT2D eigenvalue weighted by Crippen LogP contribution is 2.34. The Hall–Kier alpha value is -1.64. The first kappa shape index (κ1) is 33.4. The highest BCUT2D eigenvalue weighted by Gasteiger charge is 2.54. The van der Waals surface area contributed by atoms with E-state index in [4.69, 9.17) is 28.8 Å². The number of ether oxygens (including phenoxy) is 4. The SMILES string of the molecule is CC(=O)[O-].CS[C@H]1O[C@H]([C@H](C[S+](C)CCS)NC(C)=O)[C@H](OC(C)=O)[C@H](OC(C)=O)[C@H]1OC(C)=O. The topological polar surface area (TPSA) is 157 Å². The molecule has 0 saturated carbocycles. The largest absolute Gasteiger partial charge is 0.550 e. The maximum absolute atomic E-state index is 11.9. The molecule has 0 spiro atoms. The highest BCUT2D eigenvalue weighted by atomic mass is 32.2. The molecule has 0 aromatic carbocycles. The Labute approximate surface area is 218 Å². The lowest BCUT2D eigenvalue weighted by atomic mass is 9.94. The molecule has 0 aromatic rings. The van der Waals surface area contributed by atoms with Gasteiger partial charge in [-0.25, -0.2) is 0 Å². The minimum atomic E-state index is -1.10. The van der Waals surface area contributed by atoms with Crippen molar-refractivity contribution >= 4 is 65.1 Å². The van der Waals surface area contributed by atoms with E-state index in [0.29, 0.717) is 11.5 Å². The number of carboxylic acids is 1. The molecular formula is C21H35NO10S3. The van der Waals surface area contributed by atoms with E-state index in [2.05, 4.69) is 17.9 Å². The molecule has 1 amide bonds. The lowest BCUT2D eigenvalue weighted by Gasteiger charge is -2.46. The Morgan fingerprint density at radius 1 is 0.971 bits per heavy atom. The van der Waals surface area contributed by atoms with E-state index in [9.17, 15) is 19.2 Å². The van der Waals surface area contributed by atoms with E-state index >= 15 is 0 Å². The van der Waals surface area contributed by atoms with Gasteiger partial charge in [-0.3, -0.25) is 19.2 Å². The third kappa shape index (κ3) is 13.3. The molecule has 1 rings (SSSR count). The lowest BCUT2D eigenvalue weighted by Crippen LogP contribution is -2.66. The van der Waals surface area contributed by atoms with Crippen molar-refractivity contribution in [2.75, 3.05) is 29.8 Å². The number of hydrogen-bond donors (Lipinski definition) is 2. The van der Waals surface area contributed by atoms with Crippen LogP contribution in [0.2, 0.25) is 0 Å². The average Bonchev–Trinajstić information content (AvgIpc) is 2.68. The Balaban J connectivity index is 0.00000267. The molecule has 1 aliphatic rings. The number of hydrogen-bond acceptors (Lipinski definition) is 12. The van der Waals surface area contributed by atoms with Crippen LogP contribution in [-0.4, -0.2) is 95.4 Å². The highest BCUT2D eigenvalue weighted by molar-refractivity contribution is 7.99. The quantitative estimate of drug-likeness (QED) is 0.152. The number of carbonyl (C=O) groups is 5. The number of thioether (sulfide) groups is 1. The smallest absolute Gasteiger partial charge is 0.303 e. The van der Waals surface area contributed by atoms with Gasteiger partial charge in [-0.1, -0.05) is 0 Å². The fourth-order valence-corrected chi connectivity index (χ4v) is 6.36. The summed E-state index contributed by atoms with van der Waals surface area (Å²) in [5, 5.41) is 11.8. The second kappa shape index (κ2) is 16.9. The molecule has 1 heterocycles. The summed E-state index contributed by atoms with van der Waals surface area (Å²) >= 11 is 5.54. The number of esters is 3. The van der Waals surface area contributed by atoms with Crippen LogP contribution in [0.25, 0.3) is 0 Å². The van der Waals surface area contributed by atoms with Gasteiger partial charge in [-0.05, 0) is 24.1 Å². The van der Waals surface area contributed by atoms with Gasteiger partial charge in [0.2, 0.25) is 5.91 Å². The monoisotopic (exact) mass is 557 g/mol. The Kier molecular flexibility index (Phi) is 16.1. The van der Waals surface area contributed by atoms with Crippen LogP contribution in [0.3, 0.4) is 0 Å². The van der Waals surface area contributed by atoms with Gasteiger partial charge in [-0.15, -0.1) is 11.8 Å². The number of nitrogens with one attached hydrogen (secondary N) is 1. The summed E-state index contributed by atoms with van der Waals surface area (Å²) in [6, 6.07) is -0.527. The molecule has 1 saturated heterocycles. The fraction of sp³-hybridized carbons (Fsp3) is 0.762. The van der Waals surface area contributed by atoms with Crippen molar-refractivity contribution in [2.45, 2.75) is 70.5 Å². The van der Waals surface area contributed by atoms with Crippen LogP contribution in [-0.2, 0) is 53.8 Å². The van der Waals surface area contributed by atoms with Crippen LogP contribution in [0.4, 0.5) is 0 Å². The second-order valence-corrected chi connectivity index (χ2v) is 11.3. The molecular weight excluding hydrogens is 522 g/mol. The molecule has 35 heavy (non-hydrogen) atoms. The summed E-state index contributed by atoms with van der Waals surface area (Å²) in [6.45, 7) is 6.04. The third-order valence-electron chi connectivity index (χ3n) is 4.36. The fourth-order valence-electron chi connectivity index (χ4n) is 3.34. The second-order valence-electron chi connectivity index (χ2n) is 7.60. The molecule has 14 heteroatoms. The van der Waals surface area contributed by atoms with E-state index < -0.39 is 59.8 Å². The molecule has 1 fully saturated rings. The minimum absolute atomic E-state index is 0.110. The van der Waals surface area contributed by atoms with Gasteiger partial charge in [0.05, 0.1) is 6.26 Å². The van der Waals surface area contributed by atoms with Gasteiger partial charge in [0.25, 0.3) is 0 Å². The van der Waals surface area contributed by atoms with Gasteiger partial charge in [0, 0.05) is 39.4 Å². The summed E-state index contributed by atoms with van der Waals surface area (Å²) < 4.78 is 22.6. The summed E-state index contributed by atoms with van der Waals surface area (Å²) in [5.74, 6) is -1.12.